The Morgan fingerprint density at radius 2 is 1.83 bits per heavy atom. The maximum Gasteiger partial charge on any atom is 0.332 e. The Morgan fingerprint density at radius 3 is 2.39 bits per heavy atom. The quantitative estimate of drug-likeness (QED) is 0.490. The van der Waals surface area contributed by atoms with E-state index < -0.39 is 0 Å². The SMILES string of the molecule is CC(C)=CCC/C(C)=C/COC(=O)COC(C)C. The van der Waals surface area contributed by atoms with E-state index in [1.165, 1.54) is 11.1 Å². The third-order valence-electron chi connectivity index (χ3n) is 2.30. The number of hydrogen-bond donors (Lipinski definition) is 0. The minimum Gasteiger partial charge on any atom is -0.460 e. The summed E-state index contributed by atoms with van der Waals surface area (Å²) in [6.45, 7) is 10.4. The number of carbonyl (C=O) groups is 1. The summed E-state index contributed by atoms with van der Waals surface area (Å²) in [7, 11) is 0. The number of hydrogen-bond acceptors (Lipinski definition) is 3. The molecular formula is C15H26O3. The van der Waals surface area contributed by atoms with Crippen molar-refractivity contribution in [1.82, 2.24) is 0 Å². The lowest BCUT2D eigenvalue weighted by Gasteiger charge is -2.06. The Morgan fingerprint density at radius 1 is 1.17 bits per heavy atom. The number of ether oxygens (including phenoxy) is 2. The molecule has 0 heterocycles. The standard InChI is InChI=1S/C15H26O3/c1-12(2)7-6-8-14(5)9-10-17-15(16)11-18-13(3)4/h7,9,13H,6,8,10-11H2,1-5H3/b14-9+. The lowest BCUT2D eigenvalue weighted by molar-refractivity contribution is -0.149. The lowest BCUT2D eigenvalue weighted by atomic mass is 10.1. The van der Waals surface area contributed by atoms with Gasteiger partial charge in [-0.1, -0.05) is 17.2 Å². The molecule has 0 aromatic carbocycles. The first kappa shape index (κ1) is 16.9. The van der Waals surface area contributed by atoms with Gasteiger partial charge in [0.25, 0.3) is 0 Å². The van der Waals surface area contributed by atoms with E-state index in [0.717, 1.165) is 12.8 Å². The van der Waals surface area contributed by atoms with Crippen LogP contribution in [0.15, 0.2) is 23.3 Å². The Labute approximate surface area is 111 Å². The van der Waals surface area contributed by atoms with Gasteiger partial charge in [-0.2, -0.15) is 0 Å². The molecule has 0 fully saturated rings. The predicted molar refractivity (Wildman–Crippen MR) is 74.5 cm³/mol. The van der Waals surface area contributed by atoms with Crippen LogP contribution in [-0.2, 0) is 14.3 Å². The average molecular weight is 254 g/mol. The molecule has 0 aliphatic heterocycles. The highest BCUT2D eigenvalue weighted by atomic mass is 16.6. The van der Waals surface area contributed by atoms with Crippen molar-refractivity contribution in [2.45, 2.75) is 53.6 Å². The molecule has 0 spiro atoms. The molecule has 104 valence electrons. The van der Waals surface area contributed by atoms with E-state index in [-0.39, 0.29) is 18.7 Å². The van der Waals surface area contributed by atoms with Crippen molar-refractivity contribution in [2.24, 2.45) is 0 Å². The Hall–Kier alpha value is -1.09. The minimum absolute atomic E-state index is 0.0301. The van der Waals surface area contributed by atoms with E-state index in [1.807, 2.05) is 19.9 Å². The summed E-state index contributed by atoms with van der Waals surface area (Å²) in [6.07, 6.45) is 6.26. The van der Waals surface area contributed by atoms with Crippen LogP contribution >= 0.6 is 0 Å². The first-order valence-corrected chi connectivity index (χ1v) is 6.48. The second-order valence-electron chi connectivity index (χ2n) is 4.91. The fourth-order valence-electron chi connectivity index (χ4n) is 1.24. The van der Waals surface area contributed by atoms with Crippen molar-refractivity contribution >= 4 is 5.97 Å². The van der Waals surface area contributed by atoms with Gasteiger partial charge in [0.05, 0.1) is 6.10 Å². The van der Waals surface area contributed by atoms with Crippen LogP contribution in [0.4, 0.5) is 0 Å². The molecule has 0 N–H and O–H groups in total. The van der Waals surface area contributed by atoms with Crippen molar-refractivity contribution in [3.63, 3.8) is 0 Å². The molecule has 0 aliphatic carbocycles. The van der Waals surface area contributed by atoms with Gasteiger partial charge in [0.2, 0.25) is 0 Å². The molecule has 3 heteroatoms. The number of rotatable bonds is 8. The van der Waals surface area contributed by atoms with Crippen LogP contribution in [0.3, 0.4) is 0 Å². The molecular weight excluding hydrogens is 228 g/mol. The molecule has 0 amide bonds. The predicted octanol–water partition coefficient (Wildman–Crippen LogP) is 3.65. The van der Waals surface area contributed by atoms with E-state index in [2.05, 4.69) is 26.8 Å². The molecule has 0 radical (unpaired) electrons. The second kappa shape index (κ2) is 9.89. The van der Waals surface area contributed by atoms with Crippen LogP contribution in [0.25, 0.3) is 0 Å². The van der Waals surface area contributed by atoms with Gasteiger partial charge in [-0.15, -0.1) is 0 Å². The van der Waals surface area contributed by atoms with Gasteiger partial charge >= 0.3 is 5.97 Å². The van der Waals surface area contributed by atoms with E-state index in [0.29, 0.717) is 6.61 Å². The third kappa shape index (κ3) is 11.4. The number of allylic oxidation sites excluding steroid dienone is 3. The first-order valence-electron chi connectivity index (χ1n) is 6.48. The zero-order valence-corrected chi connectivity index (χ0v) is 12.3. The van der Waals surface area contributed by atoms with E-state index >= 15 is 0 Å². The highest BCUT2D eigenvalue weighted by molar-refractivity contribution is 5.70. The van der Waals surface area contributed by atoms with Crippen molar-refractivity contribution in [3.05, 3.63) is 23.3 Å². The molecule has 0 aromatic heterocycles. The van der Waals surface area contributed by atoms with Crippen LogP contribution in [-0.4, -0.2) is 25.3 Å². The highest BCUT2D eigenvalue weighted by Crippen LogP contribution is 2.06. The summed E-state index contributed by atoms with van der Waals surface area (Å²) in [5.41, 5.74) is 2.57. The van der Waals surface area contributed by atoms with Crippen LogP contribution in [0.2, 0.25) is 0 Å². The molecule has 0 bridgehead atoms. The van der Waals surface area contributed by atoms with Gasteiger partial charge < -0.3 is 9.47 Å². The van der Waals surface area contributed by atoms with E-state index in [4.69, 9.17) is 9.47 Å². The van der Waals surface area contributed by atoms with Crippen LogP contribution in [0.1, 0.15) is 47.5 Å². The van der Waals surface area contributed by atoms with Crippen LogP contribution in [0.5, 0.6) is 0 Å². The molecule has 0 unspecified atom stereocenters. The summed E-state index contributed by atoms with van der Waals surface area (Å²) in [6, 6.07) is 0. The fraction of sp³-hybridized carbons (Fsp3) is 0.667. The zero-order chi connectivity index (χ0) is 14.0. The largest absolute Gasteiger partial charge is 0.460 e. The first-order chi connectivity index (χ1) is 8.41. The molecule has 0 aromatic rings. The molecule has 0 rings (SSSR count). The smallest absolute Gasteiger partial charge is 0.332 e. The molecule has 0 saturated heterocycles. The van der Waals surface area contributed by atoms with Crippen molar-refractivity contribution in [2.75, 3.05) is 13.2 Å². The van der Waals surface area contributed by atoms with Gasteiger partial charge in [0.15, 0.2) is 0 Å². The van der Waals surface area contributed by atoms with E-state index in [1.54, 1.807) is 0 Å². The maximum absolute atomic E-state index is 11.2. The fourth-order valence-corrected chi connectivity index (χ4v) is 1.24. The average Bonchev–Trinajstić information content (AvgIpc) is 2.25. The summed E-state index contributed by atoms with van der Waals surface area (Å²) < 4.78 is 10.2. The molecule has 3 nitrogen and oxygen atoms in total. The van der Waals surface area contributed by atoms with Crippen molar-refractivity contribution in [3.8, 4) is 0 Å². The summed E-state index contributed by atoms with van der Waals surface area (Å²) in [5.74, 6) is -0.308. The van der Waals surface area contributed by atoms with E-state index in [9.17, 15) is 4.79 Å². The Bertz CT molecular complexity index is 297. The van der Waals surface area contributed by atoms with Gasteiger partial charge in [0, 0.05) is 0 Å². The molecule has 0 atom stereocenters. The molecule has 0 saturated carbocycles. The molecule has 18 heavy (non-hydrogen) atoms. The zero-order valence-electron chi connectivity index (χ0n) is 12.3. The van der Waals surface area contributed by atoms with Gasteiger partial charge in [-0.3, -0.25) is 0 Å². The van der Waals surface area contributed by atoms with Crippen molar-refractivity contribution in [1.29, 1.82) is 0 Å². The summed E-state index contributed by atoms with van der Waals surface area (Å²) >= 11 is 0. The van der Waals surface area contributed by atoms with Gasteiger partial charge in [-0.05, 0) is 53.5 Å². The second-order valence-corrected chi connectivity index (χ2v) is 4.91. The minimum atomic E-state index is -0.308. The van der Waals surface area contributed by atoms with Crippen LogP contribution in [0, 0.1) is 0 Å². The topological polar surface area (TPSA) is 35.5 Å². The van der Waals surface area contributed by atoms with Gasteiger partial charge in [0.1, 0.15) is 13.2 Å². The normalized spacial score (nSPS) is 11.6. The number of carbonyl (C=O) groups excluding carboxylic acids is 1. The van der Waals surface area contributed by atoms with Crippen LogP contribution < -0.4 is 0 Å². The third-order valence-corrected chi connectivity index (χ3v) is 2.30. The summed E-state index contributed by atoms with van der Waals surface area (Å²) in [5, 5.41) is 0. The summed E-state index contributed by atoms with van der Waals surface area (Å²) in [4.78, 5) is 11.2. The number of esters is 1. The monoisotopic (exact) mass is 254 g/mol. The maximum atomic E-state index is 11.2. The highest BCUT2D eigenvalue weighted by Gasteiger charge is 2.03. The molecule has 0 aliphatic rings. The Kier molecular flexibility index (Phi) is 9.29. The lowest BCUT2D eigenvalue weighted by Crippen LogP contribution is -2.16. The Balaban J connectivity index is 3.73. The van der Waals surface area contributed by atoms with Crippen molar-refractivity contribution < 1.29 is 14.3 Å². The van der Waals surface area contributed by atoms with Gasteiger partial charge in [-0.25, -0.2) is 4.79 Å².